The molecule has 0 amide bonds. The molecule has 29 heavy (non-hydrogen) atoms. The van der Waals surface area contributed by atoms with Gasteiger partial charge in [-0.1, -0.05) is 48.9 Å². The fraction of sp³-hybridized carbons (Fsp3) is 0.409. The monoisotopic (exact) mass is 414 g/mol. The van der Waals surface area contributed by atoms with Crippen LogP contribution >= 0.6 is 0 Å². The Balaban J connectivity index is 1.58. The van der Waals surface area contributed by atoms with E-state index in [1.54, 1.807) is 24.3 Å². The van der Waals surface area contributed by atoms with Gasteiger partial charge in [-0.05, 0) is 49.4 Å². The smallest absolute Gasteiger partial charge is 0.238 e. The Morgan fingerprint density at radius 2 is 1.76 bits per heavy atom. The first-order valence-corrected chi connectivity index (χ1v) is 11.7. The molecule has 1 fully saturated rings. The molecule has 0 bridgehead atoms. The Hall–Kier alpha value is -2.38. The Kier molecular flexibility index (Phi) is 6.92. The Morgan fingerprint density at radius 1 is 1.07 bits per heavy atom. The number of rotatable bonds is 8. The zero-order chi connectivity index (χ0) is 20.7. The summed E-state index contributed by atoms with van der Waals surface area (Å²) in [6.07, 6.45) is 4.37. The molecule has 0 heterocycles. The first-order valence-electron chi connectivity index (χ1n) is 10.1. The van der Waals surface area contributed by atoms with Crippen LogP contribution in [0.2, 0.25) is 0 Å². The second-order valence-corrected chi connectivity index (χ2v) is 9.12. The second kappa shape index (κ2) is 9.41. The third-order valence-corrected chi connectivity index (χ3v) is 6.47. The lowest BCUT2D eigenvalue weighted by atomic mass is 9.64. The summed E-state index contributed by atoms with van der Waals surface area (Å²) in [7, 11) is -3.65. The van der Waals surface area contributed by atoms with Crippen LogP contribution in [0.3, 0.4) is 0 Å². The van der Waals surface area contributed by atoms with Gasteiger partial charge in [-0.15, -0.1) is 0 Å². The van der Waals surface area contributed by atoms with Crippen LogP contribution in [0.25, 0.3) is 0 Å². The van der Waals surface area contributed by atoms with Crippen LogP contribution in [0.4, 0.5) is 0 Å². The summed E-state index contributed by atoms with van der Waals surface area (Å²) in [5, 5.41) is 11.8. The molecule has 2 aromatic carbocycles. The minimum atomic E-state index is -3.65. The molecule has 0 aromatic heterocycles. The van der Waals surface area contributed by atoms with Crippen molar-refractivity contribution in [2.24, 2.45) is 10.1 Å². The number of primary sulfonamides is 1. The number of nitrogens with zero attached hydrogens (tertiary/aromatic N) is 1. The highest BCUT2D eigenvalue weighted by Gasteiger charge is 2.38. The van der Waals surface area contributed by atoms with Crippen molar-refractivity contribution in [1.29, 1.82) is 0 Å². The molecule has 0 saturated heterocycles. The number of hydrogen-bond donors (Lipinski definition) is 3. The molecule has 1 saturated carbocycles. The molecule has 1 aliphatic carbocycles. The molecule has 0 unspecified atom stereocenters. The van der Waals surface area contributed by atoms with E-state index in [0.717, 1.165) is 31.0 Å². The largest absolute Gasteiger partial charge is 0.357 e. The van der Waals surface area contributed by atoms with Crippen LogP contribution in [-0.2, 0) is 21.9 Å². The normalized spacial score (nSPS) is 16.1. The summed E-state index contributed by atoms with van der Waals surface area (Å²) in [4.78, 5) is 5.00. The minimum absolute atomic E-state index is 0.135. The standard InChI is InChI=1S/C22H30N4O2S/c1-2-24-21(25-16-13-18-9-11-20(12-10-18)29(23,27)28)26-17-22(14-6-15-22)19-7-4-3-5-8-19/h3-5,7-12H,2,6,13-17H2,1H3,(H2,23,27,28)(H2,24,25,26). The van der Waals surface area contributed by atoms with Crippen molar-refractivity contribution in [2.75, 3.05) is 19.6 Å². The number of nitrogens with one attached hydrogen (secondary N) is 2. The summed E-state index contributed by atoms with van der Waals surface area (Å²) in [5.74, 6) is 0.816. The molecule has 0 atom stereocenters. The molecule has 156 valence electrons. The third-order valence-electron chi connectivity index (χ3n) is 5.54. The molecule has 0 spiro atoms. The Bertz CT molecular complexity index is 921. The van der Waals surface area contributed by atoms with Gasteiger partial charge in [-0.25, -0.2) is 13.6 Å². The van der Waals surface area contributed by atoms with Crippen molar-refractivity contribution in [3.63, 3.8) is 0 Å². The van der Waals surface area contributed by atoms with E-state index in [2.05, 4.69) is 47.9 Å². The highest BCUT2D eigenvalue weighted by atomic mass is 32.2. The maximum atomic E-state index is 11.3. The van der Waals surface area contributed by atoms with Gasteiger partial charge in [-0.2, -0.15) is 0 Å². The first-order chi connectivity index (χ1) is 13.9. The topological polar surface area (TPSA) is 96.6 Å². The highest BCUT2D eigenvalue weighted by Crippen LogP contribution is 2.43. The lowest BCUT2D eigenvalue weighted by Gasteiger charge is -2.41. The van der Waals surface area contributed by atoms with E-state index in [4.69, 9.17) is 10.1 Å². The van der Waals surface area contributed by atoms with E-state index in [9.17, 15) is 8.42 Å². The van der Waals surface area contributed by atoms with Crippen LogP contribution in [-0.4, -0.2) is 34.0 Å². The molecular formula is C22H30N4O2S. The van der Waals surface area contributed by atoms with Crippen molar-refractivity contribution in [1.82, 2.24) is 10.6 Å². The van der Waals surface area contributed by atoms with E-state index in [0.29, 0.717) is 6.54 Å². The summed E-state index contributed by atoms with van der Waals surface area (Å²) in [5.41, 5.74) is 2.58. The maximum Gasteiger partial charge on any atom is 0.238 e. The van der Waals surface area contributed by atoms with Gasteiger partial charge in [0.15, 0.2) is 5.96 Å². The van der Waals surface area contributed by atoms with Crippen LogP contribution in [0, 0.1) is 0 Å². The fourth-order valence-electron chi connectivity index (χ4n) is 3.68. The number of guanidine groups is 1. The molecule has 0 radical (unpaired) electrons. The lowest BCUT2D eigenvalue weighted by molar-refractivity contribution is 0.253. The number of aliphatic imine (C=N–C) groups is 1. The van der Waals surface area contributed by atoms with Gasteiger partial charge in [-0.3, -0.25) is 4.99 Å². The minimum Gasteiger partial charge on any atom is -0.357 e. The molecule has 2 aromatic rings. The molecule has 6 nitrogen and oxygen atoms in total. The van der Waals surface area contributed by atoms with Gasteiger partial charge in [0.1, 0.15) is 0 Å². The van der Waals surface area contributed by atoms with E-state index in [1.165, 1.54) is 24.8 Å². The summed E-state index contributed by atoms with van der Waals surface area (Å²) >= 11 is 0. The highest BCUT2D eigenvalue weighted by molar-refractivity contribution is 7.89. The van der Waals surface area contributed by atoms with Crippen LogP contribution in [0.15, 0.2) is 64.5 Å². The van der Waals surface area contributed by atoms with Crippen LogP contribution < -0.4 is 15.8 Å². The zero-order valence-electron chi connectivity index (χ0n) is 16.9. The third kappa shape index (κ3) is 5.58. The molecule has 1 aliphatic rings. The number of nitrogens with two attached hydrogens (primary N) is 1. The van der Waals surface area contributed by atoms with Crippen molar-refractivity contribution >= 4 is 16.0 Å². The van der Waals surface area contributed by atoms with Gasteiger partial charge in [0.05, 0.1) is 11.4 Å². The zero-order valence-corrected chi connectivity index (χ0v) is 17.7. The average Bonchev–Trinajstić information content (AvgIpc) is 2.67. The second-order valence-electron chi connectivity index (χ2n) is 7.56. The first kappa shape index (κ1) is 21.3. The summed E-state index contributed by atoms with van der Waals surface area (Å²) in [6.45, 7) is 4.33. The SMILES string of the molecule is CCNC(=NCC1(c2ccccc2)CCC1)NCCc1ccc(S(N)(=O)=O)cc1. The van der Waals surface area contributed by atoms with Crippen molar-refractivity contribution in [3.05, 3.63) is 65.7 Å². The Labute approximate surface area is 173 Å². The van der Waals surface area contributed by atoms with Gasteiger partial charge in [0, 0.05) is 18.5 Å². The molecule has 7 heteroatoms. The van der Waals surface area contributed by atoms with Crippen molar-refractivity contribution < 1.29 is 8.42 Å². The predicted octanol–water partition coefficient (Wildman–Crippen LogP) is 2.55. The molecule has 0 aliphatic heterocycles. The molecule has 4 N–H and O–H groups in total. The summed E-state index contributed by atoms with van der Waals surface area (Å²) < 4.78 is 22.7. The predicted molar refractivity (Wildman–Crippen MR) is 117 cm³/mol. The summed E-state index contributed by atoms with van der Waals surface area (Å²) in [6, 6.07) is 17.4. The van der Waals surface area contributed by atoms with Crippen LogP contribution in [0.5, 0.6) is 0 Å². The molecule has 3 rings (SSSR count). The number of hydrogen-bond acceptors (Lipinski definition) is 3. The van der Waals surface area contributed by atoms with E-state index >= 15 is 0 Å². The number of benzene rings is 2. The van der Waals surface area contributed by atoms with Gasteiger partial charge in [0.2, 0.25) is 10.0 Å². The van der Waals surface area contributed by atoms with Crippen molar-refractivity contribution in [2.45, 2.75) is 42.9 Å². The number of sulfonamides is 1. The Morgan fingerprint density at radius 3 is 2.31 bits per heavy atom. The molecular weight excluding hydrogens is 384 g/mol. The lowest BCUT2D eigenvalue weighted by Crippen LogP contribution is -2.42. The van der Waals surface area contributed by atoms with Gasteiger partial charge < -0.3 is 10.6 Å². The average molecular weight is 415 g/mol. The quantitative estimate of drug-likeness (QED) is 0.457. The van der Waals surface area contributed by atoms with E-state index < -0.39 is 10.0 Å². The van der Waals surface area contributed by atoms with E-state index in [1.807, 2.05) is 0 Å². The fourth-order valence-corrected chi connectivity index (χ4v) is 4.19. The maximum absolute atomic E-state index is 11.3. The van der Waals surface area contributed by atoms with Crippen LogP contribution in [0.1, 0.15) is 37.3 Å². The van der Waals surface area contributed by atoms with Gasteiger partial charge >= 0.3 is 0 Å². The van der Waals surface area contributed by atoms with Crippen molar-refractivity contribution in [3.8, 4) is 0 Å². The van der Waals surface area contributed by atoms with E-state index in [-0.39, 0.29) is 10.3 Å². The van der Waals surface area contributed by atoms with Gasteiger partial charge in [0.25, 0.3) is 0 Å².